The fraction of sp³-hybridized carbons (Fsp3) is 0.857. The van der Waals surface area contributed by atoms with Gasteiger partial charge in [0.1, 0.15) is 0 Å². The third kappa shape index (κ3) is 3.69. The van der Waals surface area contributed by atoms with E-state index in [0.717, 1.165) is 51.9 Å². The maximum atomic E-state index is 12.1. The first-order valence-corrected chi connectivity index (χ1v) is 7.50. The molecule has 0 spiro atoms. The first-order chi connectivity index (χ1) is 9.22. The Kier molecular flexibility index (Phi) is 5.19. The van der Waals surface area contributed by atoms with Crippen molar-refractivity contribution in [3.05, 3.63) is 0 Å². The Morgan fingerprint density at radius 2 is 2.26 bits per heavy atom. The van der Waals surface area contributed by atoms with Crippen molar-refractivity contribution in [3.8, 4) is 0 Å². The predicted octanol–water partition coefficient (Wildman–Crippen LogP) is 0.599. The van der Waals surface area contributed by atoms with Crippen molar-refractivity contribution in [2.45, 2.75) is 45.1 Å². The van der Waals surface area contributed by atoms with E-state index >= 15 is 0 Å². The van der Waals surface area contributed by atoms with E-state index in [-0.39, 0.29) is 17.9 Å². The Balaban J connectivity index is 1.89. The van der Waals surface area contributed by atoms with Crippen LogP contribution in [0.25, 0.3) is 0 Å². The van der Waals surface area contributed by atoms with Gasteiger partial charge < -0.3 is 15.1 Å². The summed E-state index contributed by atoms with van der Waals surface area (Å²) in [5.41, 5.74) is 0. The second-order valence-electron chi connectivity index (χ2n) is 5.50. The van der Waals surface area contributed by atoms with E-state index in [9.17, 15) is 9.59 Å². The van der Waals surface area contributed by atoms with E-state index in [1.165, 1.54) is 0 Å². The van der Waals surface area contributed by atoms with Crippen LogP contribution in [0, 0.1) is 0 Å². The van der Waals surface area contributed by atoms with E-state index in [1.807, 2.05) is 9.80 Å². The first-order valence-electron chi connectivity index (χ1n) is 7.50. The Labute approximate surface area is 115 Å². The lowest BCUT2D eigenvalue weighted by atomic mass is 10.0. The minimum atomic E-state index is 0.180. The van der Waals surface area contributed by atoms with Crippen molar-refractivity contribution >= 4 is 11.8 Å². The average Bonchev–Trinajstić information content (AvgIpc) is 2.45. The number of amides is 2. The summed E-state index contributed by atoms with van der Waals surface area (Å²) >= 11 is 0. The van der Waals surface area contributed by atoms with Gasteiger partial charge in [0.25, 0.3) is 0 Å². The van der Waals surface area contributed by atoms with Gasteiger partial charge in [-0.1, -0.05) is 13.3 Å². The number of nitrogens with zero attached hydrogens (tertiary/aromatic N) is 2. The van der Waals surface area contributed by atoms with Crippen LogP contribution in [-0.4, -0.2) is 60.4 Å². The Hall–Kier alpha value is -1.10. The van der Waals surface area contributed by atoms with Crippen LogP contribution < -0.4 is 5.32 Å². The Morgan fingerprint density at radius 1 is 1.42 bits per heavy atom. The highest BCUT2D eigenvalue weighted by Gasteiger charge is 2.31. The summed E-state index contributed by atoms with van der Waals surface area (Å²) in [6.07, 6.45) is 4.72. The molecule has 2 amide bonds. The van der Waals surface area contributed by atoms with Crippen LogP contribution in [0.15, 0.2) is 0 Å². The maximum Gasteiger partial charge on any atom is 0.236 e. The number of unbranched alkanes of at least 4 members (excludes halogenated alkanes) is 1. The summed E-state index contributed by atoms with van der Waals surface area (Å²) in [6.45, 7) is 5.78. The normalized spacial score (nSPS) is 24.7. The second kappa shape index (κ2) is 6.89. The molecule has 2 rings (SSSR count). The lowest BCUT2D eigenvalue weighted by molar-refractivity contribution is -0.140. The molecule has 0 aromatic rings. The molecular weight excluding hydrogens is 242 g/mol. The minimum Gasteiger partial charge on any atom is -0.341 e. The molecule has 0 aromatic heterocycles. The van der Waals surface area contributed by atoms with Gasteiger partial charge in [-0.25, -0.2) is 0 Å². The van der Waals surface area contributed by atoms with E-state index in [4.69, 9.17) is 0 Å². The summed E-state index contributed by atoms with van der Waals surface area (Å²) in [6, 6.07) is 0.230. The number of hydrogen-bond donors (Lipinski definition) is 1. The third-order valence-corrected chi connectivity index (χ3v) is 4.06. The summed E-state index contributed by atoms with van der Waals surface area (Å²) in [4.78, 5) is 27.9. The number of nitrogens with one attached hydrogen (secondary N) is 1. The number of likely N-dealkylation sites (tertiary alicyclic amines) is 1. The van der Waals surface area contributed by atoms with Crippen molar-refractivity contribution in [2.75, 3.05) is 32.7 Å². The van der Waals surface area contributed by atoms with Gasteiger partial charge >= 0.3 is 0 Å². The van der Waals surface area contributed by atoms with Crippen LogP contribution in [0.4, 0.5) is 0 Å². The van der Waals surface area contributed by atoms with Gasteiger partial charge in [0.15, 0.2) is 0 Å². The smallest absolute Gasteiger partial charge is 0.236 e. The van der Waals surface area contributed by atoms with Crippen LogP contribution in [-0.2, 0) is 9.59 Å². The summed E-state index contributed by atoms with van der Waals surface area (Å²) in [5, 5.41) is 3.09. The second-order valence-corrected chi connectivity index (χ2v) is 5.50. The molecule has 0 aromatic carbocycles. The first kappa shape index (κ1) is 14.3. The zero-order valence-corrected chi connectivity index (χ0v) is 11.9. The van der Waals surface area contributed by atoms with Crippen LogP contribution in [0.1, 0.15) is 39.0 Å². The van der Waals surface area contributed by atoms with Gasteiger partial charge in [-0.3, -0.25) is 9.59 Å². The molecule has 2 saturated heterocycles. The Bertz CT molecular complexity index is 333. The topological polar surface area (TPSA) is 52.7 Å². The van der Waals surface area contributed by atoms with Crippen LogP contribution in [0.5, 0.6) is 0 Å². The highest BCUT2D eigenvalue weighted by Crippen LogP contribution is 2.18. The molecule has 2 fully saturated rings. The lowest BCUT2D eigenvalue weighted by Gasteiger charge is -2.41. The molecule has 2 aliphatic heterocycles. The van der Waals surface area contributed by atoms with Crippen molar-refractivity contribution < 1.29 is 9.59 Å². The highest BCUT2D eigenvalue weighted by atomic mass is 16.2. The SMILES string of the molecule is CCCCC(=O)N1CCCC(N2CCNCC2=O)C1. The average molecular weight is 267 g/mol. The molecule has 1 atom stereocenters. The number of hydrogen-bond acceptors (Lipinski definition) is 3. The quantitative estimate of drug-likeness (QED) is 0.811. The van der Waals surface area contributed by atoms with Crippen LogP contribution >= 0.6 is 0 Å². The summed E-state index contributed by atoms with van der Waals surface area (Å²) in [5.74, 6) is 0.438. The molecule has 0 saturated carbocycles. The largest absolute Gasteiger partial charge is 0.341 e. The van der Waals surface area contributed by atoms with Gasteiger partial charge in [-0.2, -0.15) is 0 Å². The van der Waals surface area contributed by atoms with E-state index in [1.54, 1.807) is 0 Å². The summed E-state index contributed by atoms with van der Waals surface area (Å²) < 4.78 is 0. The zero-order chi connectivity index (χ0) is 13.7. The van der Waals surface area contributed by atoms with Gasteiger partial charge in [0, 0.05) is 38.6 Å². The maximum absolute atomic E-state index is 12.1. The van der Waals surface area contributed by atoms with Gasteiger partial charge in [-0.05, 0) is 19.3 Å². The number of carbonyl (C=O) groups excluding carboxylic acids is 2. The fourth-order valence-electron chi connectivity index (χ4n) is 2.93. The van der Waals surface area contributed by atoms with Crippen molar-refractivity contribution in [1.82, 2.24) is 15.1 Å². The predicted molar refractivity (Wildman–Crippen MR) is 73.7 cm³/mol. The molecule has 1 N–H and O–H groups in total. The standard InChI is InChI=1S/C14H25N3O2/c1-2-3-6-13(18)16-8-4-5-12(11-16)17-9-7-15-10-14(17)19/h12,15H,2-11H2,1H3. The molecular formula is C14H25N3O2. The molecule has 5 heteroatoms. The van der Waals surface area contributed by atoms with Crippen LogP contribution in [0.3, 0.4) is 0 Å². The molecule has 0 bridgehead atoms. The van der Waals surface area contributed by atoms with Gasteiger partial charge in [-0.15, -0.1) is 0 Å². The third-order valence-electron chi connectivity index (χ3n) is 4.06. The number of carbonyl (C=O) groups is 2. The Morgan fingerprint density at radius 3 is 3.00 bits per heavy atom. The highest BCUT2D eigenvalue weighted by molar-refractivity contribution is 5.80. The van der Waals surface area contributed by atoms with Crippen molar-refractivity contribution in [3.63, 3.8) is 0 Å². The van der Waals surface area contributed by atoms with Crippen LogP contribution in [0.2, 0.25) is 0 Å². The number of rotatable bonds is 4. The van der Waals surface area contributed by atoms with E-state index < -0.39 is 0 Å². The van der Waals surface area contributed by atoms with E-state index in [0.29, 0.717) is 13.0 Å². The fourth-order valence-corrected chi connectivity index (χ4v) is 2.93. The zero-order valence-electron chi connectivity index (χ0n) is 11.9. The van der Waals surface area contributed by atoms with Crippen molar-refractivity contribution in [1.29, 1.82) is 0 Å². The lowest BCUT2D eigenvalue weighted by Crippen LogP contribution is -2.57. The van der Waals surface area contributed by atoms with Crippen molar-refractivity contribution in [2.24, 2.45) is 0 Å². The summed E-state index contributed by atoms with van der Waals surface area (Å²) in [7, 11) is 0. The number of piperazine rings is 1. The van der Waals surface area contributed by atoms with E-state index in [2.05, 4.69) is 12.2 Å². The van der Waals surface area contributed by atoms with Gasteiger partial charge in [0.05, 0.1) is 6.54 Å². The molecule has 108 valence electrons. The van der Waals surface area contributed by atoms with Gasteiger partial charge in [0.2, 0.25) is 11.8 Å². The molecule has 5 nitrogen and oxygen atoms in total. The molecule has 19 heavy (non-hydrogen) atoms. The molecule has 2 heterocycles. The monoisotopic (exact) mass is 267 g/mol. The minimum absolute atomic E-state index is 0.180. The number of piperidine rings is 1. The molecule has 1 unspecified atom stereocenters. The molecule has 0 aliphatic carbocycles. The molecule has 2 aliphatic rings. The molecule has 0 radical (unpaired) electrons.